The number of rotatable bonds is 6. The fourth-order valence-electron chi connectivity index (χ4n) is 1.35. The molecule has 1 aromatic rings. The first-order chi connectivity index (χ1) is 7.63. The van der Waals surface area contributed by atoms with Crippen LogP contribution < -0.4 is 11.1 Å². The van der Waals surface area contributed by atoms with E-state index in [0.29, 0.717) is 16.0 Å². The molecule has 0 fully saturated rings. The van der Waals surface area contributed by atoms with Gasteiger partial charge in [-0.25, -0.2) is 0 Å². The Morgan fingerprint density at radius 2 is 2.06 bits per heavy atom. The second-order valence-electron chi connectivity index (χ2n) is 4.05. The van der Waals surface area contributed by atoms with E-state index in [1.54, 1.807) is 0 Å². The van der Waals surface area contributed by atoms with E-state index in [0.717, 1.165) is 31.6 Å². The van der Waals surface area contributed by atoms with Crippen molar-refractivity contribution in [2.75, 3.05) is 13.1 Å². The zero-order valence-corrected chi connectivity index (χ0v) is 11.0. The minimum absolute atomic E-state index is 0.571. The van der Waals surface area contributed by atoms with Gasteiger partial charge in [-0.1, -0.05) is 36.2 Å². The zero-order chi connectivity index (χ0) is 12.0. The van der Waals surface area contributed by atoms with Crippen molar-refractivity contribution in [2.24, 2.45) is 11.7 Å². The van der Waals surface area contributed by atoms with E-state index < -0.39 is 0 Å². The van der Waals surface area contributed by atoms with E-state index in [-0.39, 0.29) is 0 Å². The van der Waals surface area contributed by atoms with Crippen LogP contribution in [0.2, 0.25) is 10.0 Å². The molecule has 0 radical (unpaired) electrons. The highest BCUT2D eigenvalue weighted by atomic mass is 35.5. The van der Waals surface area contributed by atoms with Gasteiger partial charge < -0.3 is 11.1 Å². The van der Waals surface area contributed by atoms with Crippen LogP contribution >= 0.6 is 23.2 Å². The lowest BCUT2D eigenvalue weighted by Crippen LogP contribution is -2.20. The molecule has 0 aliphatic carbocycles. The van der Waals surface area contributed by atoms with E-state index in [1.807, 2.05) is 18.2 Å². The predicted octanol–water partition coefficient (Wildman–Crippen LogP) is 3.07. The lowest BCUT2D eigenvalue weighted by molar-refractivity contribution is 0.509. The molecule has 0 spiro atoms. The molecule has 0 aliphatic heterocycles. The molecule has 1 aromatic carbocycles. The van der Waals surface area contributed by atoms with Crippen molar-refractivity contribution in [1.29, 1.82) is 0 Å². The molecule has 0 saturated carbocycles. The molecule has 16 heavy (non-hydrogen) atoms. The molecule has 0 aromatic heterocycles. The molecule has 1 atom stereocenters. The second kappa shape index (κ2) is 7.13. The van der Waals surface area contributed by atoms with Crippen LogP contribution in [0.4, 0.5) is 0 Å². The Morgan fingerprint density at radius 1 is 1.31 bits per heavy atom. The van der Waals surface area contributed by atoms with Crippen molar-refractivity contribution in [2.45, 2.75) is 19.9 Å². The van der Waals surface area contributed by atoms with Gasteiger partial charge in [0.25, 0.3) is 0 Å². The first-order valence-electron chi connectivity index (χ1n) is 5.48. The first kappa shape index (κ1) is 13.8. The molecule has 3 N–H and O–H groups in total. The molecular formula is C12H18Cl2N2. The van der Waals surface area contributed by atoms with Crippen molar-refractivity contribution >= 4 is 23.2 Å². The molecule has 4 heteroatoms. The van der Waals surface area contributed by atoms with Crippen molar-refractivity contribution in [3.63, 3.8) is 0 Å². The average molecular weight is 261 g/mol. The summed E-state index contributed by atoms with van der Waals surface area (Å²) in [5, 5.41) is 4.56. The van der Waals surface area contributed by atoms with Crippen molar-refractivity contribution in [3.05, 3.63) is 33.8 Å². The van der Waals surface area contributed by atoms with Crippen molar-refractivity contribution in [3.8, 4) is 0 Å². The van der Waals surface area contributed by atoms with Gasteiger partial charge in [0.15, 0.2) is 0 Å². The molecule has 2 nitrogen and oxygen atoms in total. The van der Waals surface area contributed by atoms with Gasteiger partial charge in [0.05, 0.1) is 10.0 Å². The highest BCUT2D eigenvalue weighted by Gasteiger charge is 2.00. The fraction of sp³-hybridized carbons (Fsp3) is 0.500. The van der Waals surface area contributed by atoms with Crippen LogP contribution in [0, 0.1) is 5.92 Å². The van der Waals surface area contributed by atoms with Gasteiger partial charge in [-0.2, -0.15) is 0 Å². The summed E-state index contributed by atoms with van der Waals surface area (Å²) in [5.74, 6) is 0.571. The number of nitrogens with two attached hydrogens (primary N) is 1. The third-order valence-corrected chi connectivity index (χ3v) is 3.27. The number of benzene rings is 1. The number of nitrogens with one attached hydrogen (secondary N) is 1. The summed E-state index contributed by atoms with van der Waals surface area (Å²) in [6, 6.07) is 5.69. The molecule has 90 valence electrons. The van der Waals surface area contributed by atoms with Crippen LogP contribution in [0.5, 0.6) is 0 Å². The second-order valence-corrected chi connectivity index (χ2v) is 4.87. The van der Waals surface area contributed by atoms with Gasteiger partial charge in [-0.3, -0.25) is 0 Å². The lowest BCUT2D eigenvalue weighted by atomic mass is 10.1. The molecule has 0 bridgehead atoms. The van der Waals surface area contributed by atoms with E-state index in [9.17, 15) is 0 Å². The number of halogens is 2. The van der Waals surface area contributed by atoms with Gasteiger partial charge in [0.1, 0.15) is 0 Å². The molecule has 0 aliphatic rings. The summed E-state index contributed by atoms with van der Waals surface area (Å²) in [7, 11) is 0. The van der Waals surface area contributed by atoms with Crippen molar-refractivity contribution < 1.29 is 0 Å². The molecule has 1 unspecified atom stereocenters. The maximum atomic E-state index is 5.92. The molecule has 0 amide bonds. The van der Waals surface area contributed by atoms with E-state index in [1.165, 1.54) is 0 Å². The topological polar surface area (TPSA) is 38.0 Å². The van der Waals surface area contributed by atoms with E-state index in [2.05, 4.69) is 12.2 Å². The van der Waals surface area contributed by atoms with E-state index >= 15 is 0 Å². The lowest BCUT2D eigenvalue weighted by Gasteiger charge is -2.09. The quantitative estimate of drug-likeness (QED) is 0.772. The van der Waals surface area contributed by atoms with E-state index in [4.69, 9.17) is 28.9 Å². The zero-order valence-electron chi connectivity index (χ0n) is 9.47. The van der Waals surface area contributed by atoms with Gasteiger partial charge in [0.2, 0.25) is 0 Å². The molecule has 0 saturated heterocycles. The first-order valence-corrected chi connectivity index (χ1v) is 6.23. The summed E-state index contributed by atoms with van der Waals surface area (Å²) in [5.41, 5.74) is 6.69. The maximum absolute atomic E-state index is 5.92. The summed E-state index contributed by atoms with van der Waals surface area (Å²) in [6.07, 6.45) is 1.10. The Labute approximate surface area is 107 Å². The van der Waals surface area contributed by atoms with Crippen LogP contribution in [0.3, 0.4) is 0 Å². The Kier molecular flexibility index (Phi) is 6.14. The SMILES string of the molecule is CC(CN)CCNCc1ccc(Cl)c(Cl)c1. The normalized spacial score (nSPS) is 12.8. The largest absolute Gasteiger partial charge is 0.330 e. The standard InChI is InChI=1S/C12H18Cl2N2/c1-9(7-15)4-5-16-8-10-2-3-11(13)12(14)6-10/h2-3,6,9,16H,4-5,7-8,15H2,1H3. The van der Waals surface area contributed by atoms with Crippen LogP contribution in [0.25, 0.3) is 0 Å². The van der Waals surface area contributed by atoms with Crippen LogP contribution in [-0.2, 0) is 6.54 Å². The summed E-state index contributed by atoms with van der Waals surface area (Å²) in [6.45, 7) is 4.68. The highest BCUT2D eigenvalue weighted by molar-refractivity contribution is 6.42. The fourth-order valence-corrected chi connectivity index (χ4v) is 1.67. The van der Waals surface area contributed by atoms with Crippen molar-refractivity contribution in [1.82, 2.24) is 5.32 Å². The summed E-state index contributed by atoms with van der Waals surface area (Å²) < 4.78 is 0. The molecule has 0 heterocycles. The van der Waals surface area contributed by atoms with Gasteiger partial charge in [-0.05, 0) is 43.1 Å². The van der Waals surface area contributed by atoms with Crippen LogP contribution in [0.15, 0.2) is 18.2 Å². The third-order valence-electron chi connectivity index (χ3n) is 2.53. The van der Waals surface area contributed by atoms with Crippen LogP contribution in [0.1, 0.15) is 18.9 Å². The van der Waals surface area contributed by atoms with Gasteiger partial charge >= 0.3 is 0 Å². The average Bonchev–Trinajstić information content (AvgIpc) is 2.28. The molecule has 1 rings (SSSR count). The Bertz CT molecular complexity index is 329. The number of hydrogen-bond donors (Lipinski definition) is 2. The van der Waals surface area contributed by atoms with Gasteiger partial charge in [0, 0.05) is 6.54 Å². The monoisotopic (exact) mass is 260 g/mol. The minimum atomic E-state index is 0.571. The number of hydrogen-bond acceptors (Lipinski definition) is 2. The van der Waals surface area contributed by atoms with Gasteiger partial charge in [-0.15, -0.1) is 0 Å². The molecular weight excluding hydrogens is 243 g/mol. The summed E-state index contributed by atoms with van der Waals surface area (Å²) >= 11 is 11.8. The Hall–Kier alpha value is -0.280. The highest BCUT2D eigenvalue weighted by Crippen LogP contribution is 2.22. The van der Waals surface area contributed by atoms with Crippen LogP contribution in [-0.4, -0.2) is 13.1 Å². The smallest absolute Gasteiger partial charge is 0.0595 e. The Morgan fingerprint density at radius 3 is 2.69 bits per heavy atom. The third kappa shape index (κ3) is 4.71. The predicted molar refractivity (Wildman–Crippen MR) is 71.0 cm³/mol. The maximum Gasteiger partial charge on any atom is 0.0595 e. The minimum Gasteiger partial charge on any atom is -0.330 e. The Balaban J connectivity index is 2.29. The summed E-state index contributed by atoms with van der Waals surface area (Å²) in [4.78, 5) is 0.